The van der Waals surface area contributed by atoms with Gasteiger partial charge in [-0.15, -0.1) is 0 Å². The normalized spacial score (nSPS) is 19.6. The highest BCUT2D eigenvalue weighted by Gasteiger charge is 2.44. The summed E-state index contributed by atoms with van der Waals surface area (Å²) in [5.74, 6) is -0.217. The summed E-state index contributed by atoms with van der Waals surface area (Å²) in [6.45, 7) is 3.62. The van der Waals surface area contributed by atoms with Gasteiger partial charge in [-0.25, -0.2) is 0 Å². The van der Waals surface area contributed by atoms with Gasteiger partial charge in [0.2, 0.25) is 5.91 Å². The second-order valence-corrected chi connectivity index (χ2v) is 21.1. The summed E-state index contributed by atoms with van der Waals surface area (Å²) < 4.78 is 11.2. The molecule has 0 aromatic heterocycles. The number of unbranched alkanes of at least 4 members (excludes halogenated alkanes) is 16. The Morgan fingerprint density at radius 3 is 1.19 bits per heavy atom. The van der Waals surface area contributed by atoms with Gasteiger partial charge in [0.25, 0.3) is 0 Å². The minimum atomic E-state index is -1.59. The van der Waals surface area contributed by atoms with Gasteiger partial charge in [-0.05, 0) is 128 Å². The summed E-state index contributed by atoms with van der Waals surface area (Å²) in [5, 5.41) is 54.5. The fourth-order valence-corrected chi connectivity index (χ4v) is 8.78. The van der Waals surface area contributed by atoms with Crippen LogP contribution in [0.15, 0.2) is 170 Å². The first kappa shape index (κ1) is 74.6. The van der Waals surface area contributed by atoms with Crippen molar-refractivity contribution in [1.29, 1.82) is 0 Å². The maximum absolute atomic E-state index is 13.1. The monoisotopic (exact) mass is 1120 g/mol. The molecule has 7 atom stereocenters. The van der Waals surface area contributed by atoms with E-state index in [1.54, 1.807) is 6.08 Å². The minimum absolute atomic E-state index is 0.217. The van der Waals surface area contributed by atoms with E-state index in [0.29, 0.717) is 19.3 Å². The van der Waals surface area contributed by atoms with Crippen molar-refractivity contribution in [1.82, 2.24) is 5.32 Å². The van der Waals surface area contributed by atoms with E-state index in [9.17, 15) is 30.3 Å². The number of hydrogen-bond donors (Lipinski definition) is 6. The van der Waals surface area contributed by atoms with Gasteiger partial charge in [-0.2, -0.15) is 0 Å². The Labute approximate surface area is 494 Å². The second-order valence-electron chi connectivity index (χ2n) is 21.1. The molecule has 0 saturated carbocycles. The molecule has 0 aromatic carbocycles. The summed E-state index contributed by atoms with van der Waals surface area (Å²) in [6, 6.07) is -0.853. The number of allylic oxidation sites excluding steroid dienone is 27. The third-order valence-electron chi connectivity index (χ3n) is 13.8. The van der Waals surface area contributed by atoms with Gasteiger partial charge in [0.05, 0.1) is 25.4 Å². The first-order valence-corrected chi connectivity index (χ1v) is 31.9. The van der Waals surface area contributed by atoms with E-state index in [1.165, 1.54) is 57.8 Å². The van der Waals surface area contributed by atoms with Crippen LogP contribution in [-0.4, -0.2) is 87.5 Å². The van der Waals surface area contributed by atoms with Crippen LogP contribution in [0.1, 0.15) is 219 Å². The molecule has 0 radical (unpaired) electrons. The molecule has 6 N–H and O–H groups in total. The number of carbonyl (C=O) groups excluding carboxylic acids is 1. The molecule has 1 aliphatic heterocycles. The molecule has 9 nitrogen and oxygen atoms in total. The number of nitrogens with one attached hydrogen (secondary N) is 1. The number of aliphatic hydroxyl groups excluding tert-OH is 5. The fraction of sp³-hybridized carbons (Fsp3) is 0.597. The van der Waals surface area contributed by atoms with Crippen LogP contribution in [0.5, 0.6) is 0 Å². The molecular weight excluding hydrogens is 1010 g/mol. The molecule has 7 unspecified atom stereocenters. The Morgan fingerprint density at radius 2 is 0.778 bits per heavy atom. The summed E-state index contributed by atoms with van der Waals surface area (Å²) in [5.41, 5.74) is 0. The molecule has 1 aliphatic rings. The first-order chi connectivity index (χ1) is 39.8. The number of rotatable bonds is 52. The molecule has 0 spiro atoms. The molecule has 1 rings (SSSR count). The molecule has 1 saturated heterocycles. The Balaban J connectivity index is 2.24. The SMILES string of the molecule is CC/C=C\C/C=C\C/C=C\C/C=C\C/C=C\C/C=C\C/C=C\C/C=C\C/C=C\C/C=C\C/C=C\CCCCCCCC(=O)NC(COC1OC(CO)C(O)C(O)C1O)C(O)/C=C/CC/C=C/CC/C=C/CCCCCCCCCCC. The number of ether oxygens (including phenoxy) is 2. The van der Waals surface area contributed by atoms with E-state index in [2.05, 4.69) is 177 Å². The molecule has 9 heteroatoms. The zero-order chi connectivity index (χ0) is 58.6. The van der Waals surface area contributed by atoms with Crippen molar-refractivity contribution in [3.05, 3.63) is 170 Å². The van der Waals surface area contributed by atoms with Crippen molar-refractivity contribution in [2.24, 2.45) is 0 Å². The van der Waals surface area contributed by atoms with Crippen LogP contribution in [0.3, 0.4) is 0 Å². The highest BCUT2D eigenvalue weighted by Crippen LogP contribution is 2.23. The molecule has 0 aliphatic carbocycles. The number of carbonyl (C=O) groups is 1. The van der Waals surface area contributed by atoms with E-state index in [0.717, 1.165) is 128 Å². The average Bonchev–Trinajstić information content (AvgIpc) is 3.48. The minimum Gasteiger partial charge on any atom is -0.394 e. The van der Waals surface area contributed by atoms with E-state index in [-0.39, 0.29) is 12.5 Å². The van der Waals surface area contributed by atoms with Gasteiger partial charge in [0.1, 0.15) is 24.4 Å². The smallest absolute Gasteiger partial charge is 0.220 e. The van der Waals surface area contributed by atoms with Crippen LogP contribution in [0.4, 0.5) is 0 Å². The van der Waals surface area contributed by atoms with Crippen LogP contribution < -0.4 is 5.32 Å². The Hall–Kier alpha value is -4.45. The zero-order valence-electron chi connectivity index (χ0n) is 50.7. The van der Waals surface area contributed by atoms with Crippen LogP contribution in [-0.2, 0) is 14.3 Å². The summed E-state index contributed by atoms with van der Waals surface area (Å²) in [4.78, 5) is 13.1. The number of hydrogen-bond acceptors (Lipinski definition) is 8. The lowest BCUT2D eigenvalue weighted by atomic mass is 9.99. The quantitative estimate of drug-likeness (QED) is 0.0261. The molecule has 0 bridgehead atoms. The molecule has 1 fully saturated rings. The third kappa shape index (κ3) is 47.7. The lowest BCUT2D eigenvalue weighted by Crippen LogP contribution is -2.60. The van der Waals surface area contributed by atoms with Crippen molar-refractivity contribution in [3.63, 3.8) is 0 Å². The zero-order valence-corrected chi connectivity index (χ0v) is 50.7. The van der Waals surface area contributed by atoms with Crippen molar-refractivity contribution in [2.75, 3.05) is 13.2 Å². The Kier molecular flexibility index (Phi) is 54.1. The Morgan fingerprint density at radius 1 is 0.432 bits per heavy atom. The summed E-state index contributed by atoms with van der Waals surface area (Å²) in [6.07, 6.45) is 87.1. The second kappa shape index (κ2) is 58.7. The first-order valence-electron chi connectivity index (χ1n) is 31.9. The predicted molar refractivity (Wildman–Crippen MR) is 345 cm³/mol. The van der Waals surface area contributed by atoms with Crippen molar-refractivity contribution in [2.45, 2.75) is 262 Å². The highest BCUT2D eigenvalue weighted by molar-refractivity contribution is 5.76. The summed E-state index contributed by atoms with van der Waals surface area (Å²) >= 11 is 0. The molecule has 81 heavy (non-hydrogen) atoms. The Bertz CT molecular complexity index is 1880. The molecule has 456 valence electrons. The molecular formula is C72H115NO8. The van der Waals surface area contributed by atoms with Crippen LogP contribution in [0.2, 0.25) is 0 Å². The van der Waals surface area contributed by atoms with Gasteiger partial charge in [-0.3, -0.25) is 4.79 Å². The lowest BCUT2D eigenvalue weighted by molar-refractivity contribution is -0.302. The van der Waals surface area contributed by atoms with Crippen molar-refractivity contribution in [3.8, 4) is 0 Å². The van der Waals surface area contributed by atoms with Crippen molar-refractivity contribution >= 4 is 5.91 Å². The average molecular weight is 1120 g/mol. The highest BCUT2D eigenvalue weighted by atomic mass is 16.7. The van der Waals surface area contributed by atoms with E-state index >= 15 is 0 Å². The van der Waals surface area contributed by atoms with Crippen LogP contribution in [0, 0.1) is 0 Å². The number of aliphatic hydroxyl groups is 5. The van der Waals surface area contributed by atoms with Gasteiger partial charge in [-0.1, -0.05) is 255 Å². The van der Waals surface area contributed by atoms with E-state index in [1.807, 2.05) is 6.08 Å². The molecule has 0 aromatic rings. The van der Waals surface area contributed by atoms with E-state index < -0.39 is 49.5 Å². The van der Waals surface area contributed by atoms with Gasteiger partial charge < -0.3 is 40.3 Å². The largest absolute Gasteiger partial charge is 0.394 e. The van der Waals surface area contributed by atoms with Crippen LogP contribution in [0.25, 0.3) is 0 Å². The third-order valence-corrected chi connectivity index (χ3v) is 13.8. The fourth-order valence-electron chi connectivity index (χ4n) is 8.78. The molecule has 1 heterocycles. The summed E-state index contributed by atoms with van der Waals surface area (Å²) in [7, 11) is 0. The standard InChI is InChI=1S/C72H115NO8/c1-3-5-7-9-11-13-15-17-19-21-23-24-25-26-27-28-29-30-31-32-33-34-35-36-37-38-39-40-41-42-44-46-48-50-52-54-56-58-60-62-68(76)73-65(64-80-72-71(79)70(78)69(77)67(63-74)81-72)66(75)61-59-57-55-53-51-49-47-45-43-22-20-18-16-14-12-10-8-6-4-2/h5,7,11,13,17,19,23-24,26-27,29-30,32-33,35-36,38-39,41-43,45-46,48,51,53,59,61,65-67,69-72,74-75,77-79H,3-4,6,8-10,12,14-16,18,20-22,25,28,31,34,37,40,44,47,49-50,52,54-58,60,62-64H2,1-2H3,(H,73,76)/b7-5-,13-11-,19-17-,24-23-,27-26-,30-29-,33-32-,36-35-,39-38-,42-41-,45-43+,48-46-,53-51+,61-59+. The topological polar surface area (TPSA) is 149 Å². The lowest BCUT2D eigenvalue weighted by Gasteiger charge is -2.40. The van der Waals surface area contributed by atoms with Gasteiger partial charge >= 0.3 is 0 Å². The predicted octanol–water partition coefficient (Wildman–Crippen LogP) is 17.0. The maximum Gasteiger partial charge on any atom is 0.220 e. The van der Waals surface area contributed by atoms with Crippen LogP contribution >= 0.6 is 0 Å². The van der Waals surface area contributed by atoms with Gasteiger partial charge in [0.15, 0.2) is 6.29 Å². The molecule has 1 amide bonds. The maximum atomic E-state index is 13.1. The van der Waals surface area contributed by atoms with Crippen molar-refractivity contribution < 1.29 is 39.8 Å². The van der Waals surface area contributed by atoms with E-state index in [4.69, 9.17) is 9.47 Å². The van der Waals surface area contributed by atoms with Gasteiger partial charge in [0, 0.05) is 6.42 Å². The number of amides is 1.